The minimum atomic E-state index is -0.605. The van der Waals surface area contributed by atoms with Gasteiger partial charge in [0.1, 0.15) is 5.82 Å². The molecule has 0 saturated heterocycles. The fourth-order valence-corrected chi connectivity index (χ4v) is 1.08. The summed E-state index contributed by atoms with van der Waals surface area (Å²) >= 11 is 2.84. The van der Waals surface area contributed by atoms with Crippen LogP contribution in [0.3, 0.4) is 0 Å². The van der Waals surface area contributed by atoms with Crippen molar-refractivity contribution in [3.05, 3.63) is 45.0 Å². The molecule has 1 aromatic carbocycles. The largest absolute Gasteiger partial charge is 0.273 e. The van der Waals surface area contributed by atoms with Crippen LogP contribution in [0.2, 0.25) is 0 Å². The number of rotatable bonds is 1. The van der Waals surface area contributed by atoms with Crippen LogP contribution < -0.4 is 0 Å². The maximum Gasteiger partial charge on any atom is 0.273 e. The molecule has 0 N–H and O–H groups in total. The van der Waals surface area contributed by atoms with Crippen LogP contribution in [0.25, 0.3) is 0 Å². The van der Waals surface area contributed by atoms with Gasteiger partial charge in [0.05, 0.1) is 9.40 Å². The number of halogens is 2. The zero-order valence-corrected chi connectivity index (χ0v) is 7.47. The lowest BCUT2D eigenvalue weighted by molar-refractivity contribution is -0.385. The molecular formula is C7H4BrFNO2. The van der Waals surface area contributed by atoms with Crippen molar-refractivity contribution in [2.24, 2.45) is 0 Å². The van der Waals surface area contributed by atoms with Crippen LogP contribution in [-0.4, -0.2) is 4.92 Å². The number of hydrogen-bond acceptors (Lipinski definition) is 2. The third kappa shape index (κ3) is 1.61. The Morgan fingerprint density at radius 1 is 1.58 bits per heavy atom. The van der Waals surface area contributed by atoms with E-state index in [1.807, 2.05) is 0 Å². The molecule has 0 aromatic heterocycles. The van der Waals surface area contributed by atoms with E-state index >= 15 is 0 Å². The van der Waals surface area contributed by atoms with Gasteiger partial charge >= 0.3 is 0 Å². The van der Waals surface area contributed by atoms with E-state index in [-0.39, 0.29) is 15.7 Å². The molecule has 0 amide bonds. The van der Waals surface area contributed by atoms with Gasteiger partial charge in [-0.05, 0) is 28.9 Å². The summed E-state index contributed by atoms with van der Waals surface area (Å²) in [6.45, 7) is 3.34. The molecule has 0 bridgehead atoms. The summed E-state index contributed by atoms with van der Waals surface area (Å²) in [7, 11) is 0. The van der Waals surface area contributed by atoms with Gasteiger partial charge in [0.25, 0.3) is 5.69 Å². The van der Waals surface area contributed by atoms with Crippen molar-refractivity contribution in [3.8, 4) is 0 Å². The SMILES string of the molecule is [CH2]c1cc(F)c(Br)cc1[N+](=O)[O-]. The second kappa shape index (κ2) is 3.18. The van der Waals surface area contributed by atoms with Crippen LogP contribution in [0, 0.1) is 22.9 Å². The minimum absolute atomic E-state index is 0.0701. The summed E-state index contributed by atoms with van der Waals surface area (Å²) < 4.78 is 12.8. The fourth-order valence-electron chi connectivity index (χ4n) is 0.747. The first-order valence-electron chi connectivity index (χ1n) is 2.97. The molecule has 0 aliphatic heterocycles. The predicted octanol–water partition coefficient (Wildman–Crippen LogP) is 2.68. The molecule has 5 heteroatoms. The van der Waals surface area contributed by atoms with Crippen molar-refractivity contribution >= 4 is 21.6 Å². The Hall–Kier alpha value is -0.970. The summed E-state index contributed by atoms with van der Waals surface area (Å²) in [5.74, 6) is -0.550. The lowest BCUT2D eigenvalue weighted by Gasteiger charge is -1.98. The number of benzene rings is 1. The second-order valence-corrected chi connectivity index (χ2v) is 3.01. The Balaban J connectivity index is 3.33. The Kier molecular flexibility index (Phi) is 2.42. The maximum absolute atomic E-state index is 12.7. The number of nitrogens with zero attached hydrogens (tertiary/aromatic N) is 1. The molecule has 0 spiro atoms. The zero-order valence-electron chi connectivity index (χ0n) is 5.88. The highest BCUT2D eigenvalue weighted by Gasteiger charge is 2.13. The van der Waals surface area contributed by atoms with Gasteiger partial charge in [0.15, 0.2) is 0 Å². The van der Waals surface area contributed by atoms with E-state index in [9.17, 15) is 14.5 Å². The van der Waals surface area contributed by atoms with Gasteiger partial charge in [-0.3, -0.25) is 10.1 Å². The van der Waals surface area contributed by atoms with Gasteiger partial charge in [-0.25, -0.2) is 4.39 Å². The van der Waals surface area contributed by atoms with Crippen LogP contribution in [-0.2, 0) is 0 Å². The molecule has 1 rings (SSSR count). The first-order valence-corrected chi connectivity index (χ1v) is 3.77. The van der Waals surface area contributed by atoms with E-state index in [1.54, 1.807) is 0 Å². The summed E-state index contributed by atoms with van der Waals surface area (Å²) in [5.41, 5.74) is -0.121. The highest BCUT2D eigenvalue weighted by molar-refractivity contribution is 9.10. The normalized spacial score (nSPS) is 9.92. The van der Waals surface area contributed by atoms with Crippen LogP contribution in [0.4, 0.5) is 10.1 Å². The molecular weight excluding hydrogens is 229 g/mol. The number of hydrogen-bond donors (Lipinski definition) is 0. The summed E-state index contributed by atoms with van der Waals surface area (Å²) in [6.07, 6.45) is 0. The molecule has 0 fully saturated rings. The lowest BCUT2D eigenvalue weighted by Crippen LogP contribution is -1.92. The van der Waals surface area contributed by atoms with E-state index in [0.29, 0.717) is 0 Å². The Morgan fingerprint density at radius 3 is 2.67 bits per heavy atom. The maximum atomic E-state index is 12.7. The molecule has 0 aliphatic carbocycles. The average molecular weight is 233 g/mol. The Morgan fingerprint density at radius 2 is 2.17 bits per heavy atom. The van der Waals surface area contributed by atoms with Crippen LogP contribution in [0.1, 0.15) is 5.56 Å². The average Bonchev–Trinajstić information content (AvgIpc) is 1.96. The van der Waals surface area contributed by atoms with Crippen LogP contribution >= 0.6 is 15.9 Å². The second-order valence-electron chi connectivity index (χ2n) is 2.15. The van der Waals surface area contributed by atoms with Crippen molar-refractivity contribution in [3.63, 3.8) is 0 Å². The first kappa shape index (κ1) is 9.12. The molecule has 1 aromatic rings. The van der Waals surface area contributed by atoms with Crippen molar-refractivity contribution in [2.75, 3.05) is 0 Å². The van der Waals surface area contributed by atoms with Crippen LogP contribution in [0.5, 0.6) is 0 Å². The topological polar surface area (TPSA) is 43.1 Å². The van der Waals surface area contributed by atoms with E-state index in [1.165, 1.54) is 0 Å². The van der Waals surface area contributed by atoms with Gasteiger partial charge in [-0.1, -0.05) is 0 Å². The standard InChI is InChI=1S/C7H4BrFNO2/c1-4-2-6(9)5(8)3-7(4)10(11)12/h2-3H,1H2. The highest BCUT2D eigenvalue weighted by atomic mass is 79.9. The summed E-state index contributed by atoms with van der Waals surface area (Å²) in [4.78, 5) is 9.70. The molecule has 0 aliphatic rings. The predicted molar refractivity (Wildman–Crippen MR) is 45.2 cm³/mol. The number of nitro benzene ring substituents is 1. The third-order valence-electron chi connectivity index (χ3n) is 1.32. The summed E-state index contributed by atoms with van der Waals surface area (Å²) in [6, 6.07) is 2.11. The van der Waals surface area contributed by atoms with Gasteiger partial charge < -0.3 is 0 Å². The van der Waals surface area contributed by atoms with E-state index in [4.69, 9.17) is 0 Å². The fraction of sp³-hybridized carbons (Fsp3) is 0. The molecule has 0 atom stereocenters. The minimum Gasteiger partial charge on any atom is -0.258 e. The van der Waals surface area contributed by atoms with Crippen molar-refractivity contribution in [1.82, 2.24) is 0 Å². The molecule has 3 nitrogen and oxygen atoms in total. The zero-order chi connectivity index (χ0) is 9.30. The number of nitro groups is 1. The highest BCUT2D eigenvalue weighted by Crippen LogP contribution is 2.25. The molecule has 1 radical (unpaired) electrons. The summed E-state index contributed by atoms with van der Waals surface area (Å²) in [5, 5.41) is 10.3. The molecule has 63 valence electrons. The van der Waals surface area contributed by atoms with Crippen molar-refractivity contribution in [2.45, 2.75) is 0 Å². The Bertz CT molecular complexity index is 340. The molecule has 0 saturated carbocycles. The van der Waals surface area contributed by atoms with Crippen molar-refractivity contribution in [1.29, 1.82) is 0 Å². The van der Waals surface area contributed by atoms with E-state index < -0.39 is 10.7 Å². The van der Waals surface area contributed by atoms with Gasteiger partial charge in [-0.15, -0.1) is 0 Å². The molecule has 12 heavy (non-hydrogen) atoms. The lowest BCUT2D eigenvalue weighted by atomic mass is 10.2. The van der Waals surface area contributed by atoms with Crippen LogP contribution in [0.15, 0.2) is 16.6 Å². The molecule has 0 heterocycles. The van der Waals surface area contributed by atoms with Gasteiger partial charge in [0.2, 0.25) is 0 Å². The quantitative estimate of drug-likeness (QED) is 0.552. The van der Waals surface area contributed by atoms with Gasteiger partial charge in [0, 0.05) is 11.6 Å². The third-order valence-corrected chi connectivity index (χ3v) is 1.93. The van der Waals surface area contributed by atoms with E-state index in [2.05, 4.69) is 22.9 Å². The van der Waals surface area contributed by atoms with E-state index in [0.717, 1.165) is 12.1 Å². The monoisotopic (exact) mass is 232 g/mol. The first-order chi connectivity index (χ1) is 5.52. The molecule has 0 unspecified atom stereocenters. The Labute approximate surface area is 76.5 Å². The smallest absolute Gasteiger partial charge is 0.258 e. The van der Waals surface area contributed by atoms with Gasteiger partial charge in [-0.2, -0.15) is 0 Å². The van der Waals surface area contributed by atoms with Crippen molar-refractivity contribution < 1.29 is 9.31 Å².